The molecule has 3 aromatic rings. The minimum atomic E-state index is -0.174. The maximum absolute atomic E-state index is 12.3. The first-order valence-electron chi connectivity index (χ1n) is 10.1. The van der Waals surface area contributed by atoms with E-state index in [1.807, 2.05) is 42.9 Å². The Balaban J connectivity index is 1.63. The van der Waals surface area contributed by atoms with Crippen LogP contribution < -0.4 is 14.8 Å². The van der Waals surface area contributed by atoms with Crippen LogP contribution in [0.3, 0.4) is 0 Å². The lowest BCUT2D eigenvalue weighted by Gasteiger charge is -2.12. The molecule has 0 saturated heterocycles. The second-order valence-corrected chi connectivity index (χ2v) is 8.37. The Morgan fingerprint density at radius 1 is 1.22 bits per heavy atom. The van der Waals surface area contributed by atoms with Crippen molar-refractivity contribution >= 4 is 39.5 Å². The van der Waals surface area contributed by atoms with Crippen molar-refractivity contribution in [3.05, 3.63) is 80.6 Å². The molecule has 2 aromatic carbocycles. The van der Waals surface area contributed by atoms with Gasteiger partial charge in [0.1, 0.15) is 18.1 Å². The zero-order chi connectivity index (χ0) is 23.1. The number of halogens is 2. The highest BCUT2D eigenvalue weighted by Crippen LogP contribution is 2.30. The van der Waals surface area contributed by atoms with Gasteiger partial charge in [0, 0.05) is 41.5 Å². The van der Waals surface area contributed by atoms with Crippen molar-refractivity contribution in [3.63, 3.8) is 0 Å². The van der Waals surface area contributed by atoms with Gasteiger partial charge in [-0.2, -0.15) is 5.10 Å². The summed E-state index contributed by atoms with van der Waals surface area (Å²) in [5.74, 6) is 1.21. The van der Waals surface area contributed by atoms with Gasteiger partial charge in [0.2, 0.25) is 5.91 Å². The number of nitrogens with one attached hydrogen (secondary N) is 1. The maximum atomic E-state index is 12.3. The van der Waals surface area contributed by atoms with E-state index in [1.165, 1.54) is 6.08 Å². The van der Waals surface area contributed by atoms with Crippen molar-refractivity contribution in [1.29, 1.82) is 0 Å². The van der Waals surface area contributed by atoms with Crippen LogP contribution in [0.25, 0.3) is 6.08 Å². The fourth-order valence-corrected chi connectivity index (χ4v) is 3.87. The Morgan fingerprint density at radius 2 is 2.00 bits per heavy atom. The normalized spacial score (nSPS) is 11.0. The summed E-state index contributed by atoms with van der Waals surface area (Å²) in [6.07, 6.45) is 5.23. The summed E-state index contributed by atoms with van der Waals surface area (Å²) in [5, 5.41) is 7.91. The van der Waals surface area contributed by atoms with Crippen LogP contribution >= 0.6 is 27.5 Å². The van der Waals surface area contributed by atoms with E-state index < -0.39 is 0 Å². The number of methoxy groups -OCH3 is 1. The minimum absolute atomic E-state index is 0.174. The third kappa shape index (κ3) is 6.37. The van der Waals surface area contributed by atoms with Crippen molar-refractivity contribution < 1.29 is 14.3 Å². The fraction of sp³-hybridized carbons (Fsp3) is 0.250. The van der Waals surface area contributed by atoms with Crippen molar-refractivity contribution in [2.24, 2.45) is 0 Å². The van der Waals surface area contributed by atoms with Crippen molar-refractivity contribution in [2.75, 3.05) is 7.11 Å². The second-order valence-electron chi connectivity index (χ2n) is 7.08. The van der Waals surface area contributed by atoms with Gasteiger partial charge in [-0.1, -0.05) is 17.7 Å². The van der Waals surface area contributed by atoms with Gasteiger partial charge in [0.15, 0.2) is 0 Å². The van der Waals surface area contributed by atoms with Crippen LogP contribution in [0.15, 0.2) is 53.1 Å². The molecule has 3 rings (SSSR count). The highest BCUT2D eigenvalue weighted by molar-refractivity contribution is 9.10. The number of carbonyl (C=O) groups is 1. The average molecular weight is 519 g/mol. The Kier molecular flexibility index (Phi) is 8.36. The van der Waals surface area contributed by atoms with E-state index in [9.17, 15) is 4.79 Å². The number of aromatic nitrogens is 2. The molecule has 0 radical (unpaired) electrons. The minimum Gasteiger partial charge on any atom is -0.496 e. The van der Waals surface area contributed by atoms with E-state index >= 15 is 0 Å². The molecule has 0 bridgehead atoms. The maximum Gasteiger partial charge on any atom is 0.244 e. The van der Waals surface area contributed by atoms with E-state index in [4.69, 9.17) is 21.1 Å². The van der Waals surface area contributed by atoms with Crippen molar-refractivity contribution in [1.82, 2.24) is 15.1 Å². The molecule has 6 nitrogen and oxygen atoms in total. The molecular weight excluding hydrogens is 494 g/mol. The number of nitrogens with zero attached hydrogens (tertiary/aromatic N) is 2. The topological polar surface area (TPSA) is 65.4 Å². The summed E-state index contributed by atoms with van der Waals surface area (Å²) in [4.78, 5) is 12.3. The van der Waals surface area contributed by atoms with Gasteiger partial charge in [-0.25, -0.2) is 0 Å². The first kappa shape index (κ1) is 23.9. The Bertz CT molecular complexity index is 1130. The summed E-state index contributed by atoms with van der Waals surface area (Å²) in [7, 11) is 1.61. The molecule has 0 atom stereocenters. The highest BCUT2D eigenvalue weighted by atomic mass is 79.9. The van der Waals surface area contributed by atoms with Crippen LogP contribution in [-0.4, -0.2) is 22.8 Å². The first-order chi connectivity index (χ1) is 15.4. The van der Waals surface area contributed by atoms with E-state index in [1.54, 1.807) is 31.4 Å². The number of aryl methyl sites for hydroxylation is 2. The van der Waals surface area contributed by atoms with E-state index in [-0.39, 0.29) is 5.91 Å². The molecule has 1 N–H and O–H groups in total. The molecule has 32 heavy (non-hydrogen) atoms. The third-order valence-electron chi connectivity index (χ3n) is 4.83. The molecule has 1 heterocycles. The molecule has 0 unspecified atom stereocenters. The molecule has 0 aliphatic rings. The van der Waals surface area contributed by atoms with Gasteiger partial charge in [-0.05, 0) is 71.7 Å². The molecule has 0 fully saturated rings. The monoisotopic (exact) mass is 517 g/mol. The zero-order valence-corrected chi connectivity index (χ0v) is 20.5. The first-order valence-corrected chi connectivity index (χ1v) is 11.3. The number of benzene rings is 2. The van der Waals surface area contributed by atoms with E-state index in [0.717, 1.165) is 33.4 Å². The van der Waals surface area contributed by atoms with Gasteiger partial charge < -0.3 is 14.8 Å². The molecule has 0 spiro atoms. The lowest BCUT2D eigenvalue weighted by molar-refractivity contribution is -0.116. The average Bonchev–Trinajstić information content (AvgIpc) is 3.15. The SMILES string of the molecule is CCn1cc(CNC(=O)/C=C\c2ccc(OC)c(COc3ccc(Cl)cc3Br)c2)c(C)n1. The number of hydrogen-bond acceptors (Lipinski definition) is 4. The van der Waals surface area contributed by atoms with Gasteiger partial charge in [-0.15, -0.1) is 0 Å². The smallest absolute Gasteiger partial charge is 0.244 e. The molecular formula is C24H25BrClN3O3. The van der Waals surface area contributed by atoms with Crippen LogP contribution in [0.4, 0.5) is 0 Å². The van der Waals surface area contributed by atoms with Crippen LogP contribution in [0.1, 0.15) is 29.3 Å². The predicted molar refractivity (Wildman–Crippen MR) is 130 cm³/mol. The van der Waals surface area contributed by atoms with E-state index in [2.05, 4.69) is 26.3 Å². The zero-order valence-electron chi connectivity index (χ0n) is 18.2. The number of rotatable bonds is 9. The second kappa shape index (κ2) is 11.2. The predicted octanol–water partition coefficient (Wildman–Crippen LogP) is 5.54. The van der Waals surface area contributed by atoms with Crippen molar-refractivity contribution in [2.45, 2.75) is 33.5 Å². The molecule has 168 valence electrons. The van der Waals surface area contributed by atoms with Gasteiger partial charge in [0.25, 0.3) is 0 Å². The summed E-state index contributed by atoms with van der Waals surface area (Å²) in [5.41, 5.74) is 3.65. The van der Waals surface area contributed by atoms with Gasteiger partial charge in [0.05, 0.1) is 17.3 Å². The largest absolute Gasteiger partial charge is 0.496 e. The quantitative estimate of drug-likeness (QED) is 0.378. The number of carbonyl (C=O) groups excluding carboxylic acids is 1. The van der Waals surface area contributed by atoms with Crippen LogP contribution in [0.5, 0.6) is 11.5 Å². The Labute approximate surface area is 201 Å². The Hall–Kier alpha value is -2.77. The van der Waals surface area contributed by atoms with Crippen LogP contribution in [0, 0.1) is 6.92 Å². The summed E-state index contributed by atoms with van der Waals surface area (Å²) < 4.78 is 14.0. The Morgan fingerprint density at radius 3 is 2.69 bits per heavy atom. The summed E-state index contributed by atoms with van der Waals surface area (Å²) in [6, 6.07) is 11.0. The van der Waals surface area contributed by atoms with Gasteiger partial charge in [-0.3, -0.25) is 9.48 Å². The van der Waals surface area contributed by atoms with Crippen LogP contribution in [-0.2, 0) is 24.5 Å². The van der Waals surface area contributed by atoms with Crippen molar-refractivity contribution in [3.8, 4) is 11.5 Å². The summed E-state index contributed by atoms with van der Waals surface area (Å²) >= 11 is 9.44. The highest BCUT2D eigenvalue weighted by Gasteiger charge is 2.08. The fourth-order valence-electron chi connectivity index (χ4n) is 3.07. The van der Waals surface area contributed by atoms with Gasteiger partial charge >= 0.3 is 0 Å². The molecule has 1 aromatic heterocycles. The third-order valence-corrected chi connectivity index (χ3v) is 5.69. The molecule has 0 aliphatic heterocycles. The molecule has 0 saturated carbocycles. The number of amides is 1. The van der Waals surface area contributed by atoms with Crippen LogP contribution in [0.2, 0.25) is 5.02 Å². The standard InChI is InChI=1S/C24H25BrClN3O3/c1-4-29-14-19(16(2)28-29)13-27-24(30)10-6-17-5-8-22(31-3)18(11-17)15-32-23-9-7-20(26)12-21(23)25/h5-12,14H,4,13,15H2,1-3H3,(H,27,30)/b10-6-. The number of ether oxygens (including phenoxy) is 2. The summed E-state index contributed by atoms with van der Waals surface area (Å²) in [6.45, 7) is 5.50. The van der Waals surface area contributed by atoms with E-state index in [0.29, 0.717) is 29.7 Å². The lowest BCUT2D eigenvalue weighted by atomic mass is 10.1. The molecule has 8 heteroatoms. The number of hydrogen-bond donors (Lipinski definition) is 1. The lowest BCUT2D eigenvalue weighted by Crippen LogP contribution is -2.20. The molecule has 1 amide bonds. The molecule has 0 aliphatic carbocycles.